The molecule has 0 radical (unpaired) electrons. The van der Waals surface area contributed by atoms with Crippen molar-refractivity contribution >= 4 is 77.1 Å². The highest BCUT2D eigenvalue weighted by Gasteiger charge is 2.31. The highest BCUT2D eigenvalue weighted by atomic mass is 32.1. The molecule has 0 fully saturated rings. The number of benzene rings is 1. The molecule has 6 rings (SSSR count). The molecule has 2 atom stereocenters. The summed E-state index contributed by atoms with van der Waals surface area (Å²) in [6.45, 7) is 9.08. The fourth-order valence-electron chi connectivity index (χ4n) is 5.84. The molecule has 2 nitrogen and oxygen atoms in total. The van der Waals surface area contributed by atoms with Gasteiger partial charge in [0.05, 0.1) is 30.3 Å². The third kappa shape index (κ3) is 7.58. The van der Waals surface area contributed by atoms with Crippen molar-refractivity contribution in [1.82, 2.24) is 0 Å². The molecule has 0 spiro atoms. The monoisotopic (exact) mass is 682 g/mol. The zero-order valence-electron chi connectivity index (χ0n) is 27.3. The van der Waals surface area contributed by atoms with E-state index in [2.05, 4.69) is 74.3 Å². The zero-order valence-corrected chi connectivity index (χ0v) is 30.6. The van der Waals surface area contributed by atoms with Crippen molar-refractivity contribution in [3.63, 3.8) is 0 Å². The van der Waals surface area contributed by atoms with Gasteiger partial charge < -0.3 is 0 Å². The second kappa shape index (κ2) is 16.7. The van der Waals surface area contributed by atoms with Gasteiger partial charge in [-0.05, 0) is 71.5 Å². The molecular weight excluding hydrogens is 641 g/mol. The van der Waals surface area contributed by atoms with Gasteiger partial charge in [0, 0.05) is 33.7 Å². The van der Waals surface area contributed by atoms with Crippen LogP contribution >= 0.6 is 45.3 Å². The van der Waals surface area contributed by atoms with Crippen LogP contribution in [0.25, 0.3) is 20.2 Å². The summed E-state index contributed by atoms with van der Waals surface area (Å²) >= 11 is 6.31. The molecule has 0 saturated heterocycles. The molecule has 1 aliphatic rings. The molecule has 0 saturated carbocycles. The lowest BCUT2D eigenvalue weighted by atomic mass is 9.96. The second-order valence-corrected chi connectivity index (χ2v) is 15.5. The number of ketones is 2. The molecule has 5 aromatic rings. The lowest BCUT2D eigenvalue weighted by Gasteiger charge is -2.08. The first kappa shape index (κ1) is 34.3. The van der Waals surface area contributed by atoms with E-state index >= 15 is 0 Å². The van der Waals surface area contributed by atoms with E-state index in [1.165, 1.54) is 105 Å². The van der Waals surface area contributed by atoms with Crippen molar-refractivity contribution in [3.8, 4) is 23.7 Å². The van der Waals surface area contributed by atoms with E-state index in [1.54, 1.807) is 22.9 Å². The molecule has 1 aromatic carbocycles. The molecular formula is C40H42O2S4. The van der Waals surface area contributed by atoms with Crippen LogP contribution in [-0.4, -0.2) is 11.6 Å². The summed E-state index contributed by atoms with van der Waals surface area (Å²) in [6, 6.07) is 7.96. The average molecular weight is 683 g/mol. The summed E-state index contributed by atoms with van der Waals surface area (Å²) in [4.78, 5) is 24.8. The second-order valence-electron chi connectivity index (χ2n) is 11.8. The van der Waals surface area contributed by atoms with Crippen molar-refractivity contribution in [3.05, 3.63) is 77.8 Å². The highest BCUT2D eigenvalue weighted by Crippen LogP contribution is 2.38. The zero-order chi connectivity index (χ0) is 32.5. The van der Waals surface area contributed by atoms with Gasteiger partial charge in [-0.1, -0.05) is 89.9 Å². The minimum Gasteiger partial charge on any atom is -0.288 e. The predicted octanol–water partition coefficient (Wildman–Crippen LogP) is 12.6. The van der Waals surface area contributed by atoms with Crippen molar-refractivity contribution < 1.29 is 9.59 Å². The molecule has 0 bridgehead atoms. The van der Waals surface area contributed by atoms with Crippen molar-refractivity contribution in [2.75, 3.05) is 0 Å². The van der Waals surface area contributed by atoms with Gasteiger partial charge in [-0.15, -0.1) is 45.3 Å². The fraction of sp³-hybridized carbons (Fsp3) is 0.400. The smallest absolute Gasteiger partial charge is 0.205 e. The van der Waals surface area contributed by atoms with E-state index in [1.807, 2.05) is 22.7 Å². The normalized spacial score (nSPS) is 13.2. The number of carbonyl (C=O) groups excluding carboxylic acids is 2. The number of hydrogen-bond donors (Lipinski definition) is 0. The standard InChI is InChI=1S/C30H38S2.C10H4O2S2/c1-5-9-11-12-14-24(8-4)16-18-26-28-20-22-31-29(28)25(27-19-21-32-30(26)27)17-15-23(7-3)13-10-6-2;11-7-5-1-3-13-9(5)8(12)6-2-4-14-10(6)7/h19-24H,5-14H2,1-4H3;1-4H. The van der Waals surface area contributed by atoms with Crippen LogP contribution in [0.4, 0.5) is 0 Å². The molecule has 0 amide bonds. The Morgan fingerprint density at radius 1 is 0.565 bits per heavy atom. The van der Waals surface area contributed by atoms with Crippen LogP contribution < -0.4 is 0 Å². The van der Waals surface area contributed by atoms with Crippen LogP contribution in [0.15, 0.2) is 45.8 Å². The Labute approximate surface area is 290 Å². The minimum atomic E-state index is -0.00847. The Morgan fingerprint density at radius 3 is 1.48 bits per heavy atom. The number of hydrogen-bond acceptors (Lipinski definition) is 6. The van der Waals surface area contributed by atoms with Gasteiger partial charge in [0.2, 0.25) is 11.6 Å². The van der Waals surface area contributed by atoms with E-state index in [0.29, 0.717) is 32.7 Å². The van der Waals surface area contributed by atoms with E-state index in [-0.39, 0.29) is 11.6 Å². The van der Waals surface area contributed by atoms with Gasteiger partial charge >= 0.3 is 0 Å². The Hall–Kier alpha value is -3.00. The number of rotatable bonds is 10. The first-order valence-electron chi connectivity index (χ1n) is 16.7. The van der Waals surface area contributed by atoms with Gasteiger partial charge in [-0.2, -0.15) is 0 Å². The number of unbranched alkanes of at least 4 members (excludes halogenated alkanes) is 4. The Kier molecular flexibility index (Phi) is 12.5. The summed E-state index contributed by atoms with van der Waals surface area (Å²) in [5, 5.41) is 10.6. The van der Waals surface area contributed by atoms with Crippen LogP contribution in [0, 0.1) is 35.5 Å². The van der Waals surface area contributed by atoms with Gasteiger partial charge in [0.1, 0.15) is 0 Å². The summed E-state index contributed by atoms with van der Waals surface area (Å²) in [6.07, 6.45) is 12.5. The first-order valence-corrected chi connectivity index (χ1v) is 20.2. The maximum atomic E-state index is 11.8. The SMILES string of the molecule is CCCCCCC(C#Cc1c2ccsc2c(C#CC(CC)CCCC)c2ccsc12)CC.O=C1c2ccsc2C(=O)c2ccsc21. The molecule has 4 heterocycles. The maximum Gasteiger partial charge on any atom is 0.205 e. The first-order chi connectivity index (χ1) is 22.5. The number of thiophene rings is 4. The van der Waals surface area contributed by atoms with Crippen molar-refractivity contribution in [1.29, 1.82) is 0 Å². The summed E-state index contributed by atoms with van der Waals surface area (Å²) in [7, 11) is 0. The van der Waals surface area contributed by atoms with Crippen LogP contribution in [0.5, 0.6) is 0 Å². The summed E-state index contributed by atoms with van der Waals surface area (Å²) < 4.78 is 2.63. The topological polar surface area (TPSA) is 34.1 Å². The average Bonchev–Trinajstić information content (AvgIpc) is 3.90. The lowest BCUT2D eigenvalue weighted by molar-refractivity contribution is 0.0986. The van der Waals surface area contributed by atoms with Crippen molar-refractivity contribution in [2.24, 2.45) is 11.8 Å². The molecule has 6 heteroatoms. The van der Waals surface area contributed by atoms with Gasteiger partial charge in [0.25, 0.3) is 0 Å². The molecule has 4 aromatic heterocycles. The minimum absolute atomic E-state index is 0.00847. The quantitative estimate of drug-likeness (QED) is 0.106. The van der Waals surface area contributed by atoms with Gasteiger partial charge in [0.15, 0.2) is 0 Å². The molecule has 238 valence electrons. The molecule has 2 unspecified atom stereocenters. The molecule has 0 N–H and O–H groups in total. The van der Waals surface area contributed by atoms with E-state index < -0.39 is 0 Å². The van der Waals surface area contributed by atoms with Gasteiger partial charge in [-0.3, -0.25) is 9.59 Å². The van der Waals surface area contributed by atoms with E-state index in [0.717, 1.165) is 12.8 Å². The largest absolute Gasteiger partial charge is 0.288 e. The van der Waals surface area contributed by atoms with Crippen LogP contribution in [-0.2, 0) is 0 Å². The number of carbonyl (C=O) groups is 2. The van der Waals surface area contributed by atoms with Crippen LogP contribution in [0.1, 0.15) is 134 Å². The molecule has 46 heavy (non-hydrogen) atoms. The summed E-state index contributed by atoms with van der Waals surface area (Å²) in [5.74, 6) is 15.5. The van der Waals surface area contributed by atoms with E-state index in [9.17, 15) is 9.59 Å². The third-order valence-corrected chi connectivity index (χ3v) is 12.3. The Morgan fingerprint density at radius 2 is 1.02 bits per heavy atom. The summed E-state index contributed by atoms with van der Waals surface area (Å²) in [5.41, 5.74) is 3.57. The van der Waals surface area contributed by atoms with Crippen molar-refractivity contribution in [2.45, 2.75) is 91.9 Å². The highest BCUT2D eigenvalue weighted by molar-refractivity contribution is 7.19. The van der Waals surface area contributed by atoms with Crippen LogP contribution in [0.2, 0.25) is 0 Å². The lowest BCUT2D eigenvalue weighted by Crippen LogP contribution is -2.15. The van der Waals surface area contributed by atoms with Crippen LogP contribution in [0.3, 0.4) is 0 Å². The molecule has 1 aliphatic carbocycles. The predicted molar refractivity (Wildman–Crippen MR) is 202 cm³/mol. The van der Waals surface area contributed by atoms with E-state index in [4.69, 9.17) is 0 Å². The number of fused-ring (bicyclic) bond motifs is 4. The molecule has 0 aliphatic heterocycles. The Bertz CT molecular complexity index is 1780. The van der Waals surface area contributed by atoms with Gasteiger partial charge in [-0.25, -0.2) is 0 Å². The fourth-order valence-corrected chi connectivity index (χ4v) is 9.36. The Balaban J connectivity index is 0.000000244. The third-order valence-electron chi connectivity index (χ3n) is 8.66. The maximum absolute atomic E-state index is 11.8.